The SMILES string of the molecule is FC(F)Oc1ccc2nc(SCc3nnc(-c4ccc(Cl)cc4)o3)[nH]c2c1. The summed E-state index contributed by atoms with van der Waals surface area (Å²) in [4.78, 5) is 7.43. The van der Waals surface area contributed by atoms with E-state index in [4.69, 9.17) is 16.0 Å². The van der Waals surface area contributed by atoms with E-state index < -0.39 is 6.61 Å². The summed E-state index contributed by atoms with van der Waals surface area (Å²) in [6.07, 6.45) is 0. The summed E-state index contributed by atoms with van der Waals surface area (Å²) in [5.74, 6) is 1.32. The predicted octanol–water partition coefficient (Wildman–Crippen LogP) is 5.16. The molecule has 0 saturated carbocycles. The number of aromatic amines is 1. The number of aromatic nitrogens is 4. The Bertz CT molecular complexity index is 1070. The van der Waals surface area contributed by atoms with Crippen LogP contribution in [0.1, 0.15) is 5.89 Å². The summed E-state index contributed by atoms with van der Waals surface area (Å²) in [6, 6.07) is 11.6. The van der Waals surface area contributed by atoms with Gasteiger partial charge in [-0.15, -0.1) is 10.2 Å². The first-order valence-electron chi connectivity index (χ1n) is 7.72. The Morgan fingerprint density at radius 2 is 1.96 bits per heavy atom. The van der Waals surface area contributed by atoms with E-state index in [1.807, 2.05) is 0 Å². The number of nitrogens with zero attached hydrogens (tertiary/aromatic N) is 3. The molecule has 0 spiro atoms. The molecule has 0 saturated heterocycles. The van der Waals surface area contributed by atoms with Crippen molar-refractivity contribution >= 4 is 34.4 Å². The molecule has 27 heavy (non-hydrogen) atoms. The highest BCUT2D eigenvalue weighted by Gasteiger charge is 2.12. The van der Waals surface area contributed by atoms with Crippen LogP contribution in [0.3, 0.4) is 0 Å². The Labute approximate surface area is 160 Å². The van der Waals surface area contributed by atoms with Gasteiger partial charge in [-0.1, -0.05) is 23.4 Å². The van der Waals surface area contributed by atoms with E-state index in [0.29, 0.717) is 38.7 Å². The molecule has 2 aromatic heterocycles. The van der Waals surface area contributed by atoms with Crippen molar-refractivity contribution in [3.05, 3.63) is 53.4 Å². The number of H-pyrrole nitrogens is 1. The van der Waals surface area contributed by atoms with Crippen LogP contribution in [-0.4, -0.2) is 26.8 Å². The van der Waals surface area contributed by atoms with Crippen molar-refractivity contribution in [2.45, 2.75) is 17.5 Å². The van der Waals surface area contributed by atoms with Gasteiger partial charge in [-0.2, -0.15) is 8.78 Å². The fourth-order valence-electron chi connectivity index (χ4n) is 2.36. The third-order valence-corrected chi connectivity index (χ3v) is 4.66. The molecule has 0 aliphatic heterocycles. The normalized spacial score (nSPS) is 11.4. The van der Waals surface area contributed by atoms with Crippen LogP contribution in [0.15, 0.2) is 52.0 Å². The number of hydrogen-bond donors (Lipinski definition) is 1. The average molecular weight is 409 g/mol. The number of nitrogens with one attached hydrogen (secondary N) is 1. The third kappa shape index (κ3) is 4.20. The fourth-order valence-corrected chi connectivity index (χ4v) is 3.21. The highest BCUT2D eigenvalue weighted by Crippen LogP contribution is 2.27. The second-order valence-electron chi connectivity index (χ2n) is 5.40. The molecule has 138 valence electrons. The maximum absolute atomic E-state index is 12.3. The van der Waals surface area contributed by atoms with E-state index >= 15 is 0 Å². The average Bonchev–Trinajstić information content (AvgIpc) is 3.26. The molecule has 10 heteroatoms. The predicted molar refractivity (Wildman–Crippen MR) is 97.0 cm³/mol. The van der Waals surface area contributed by atoms with Gasteiger partial charge in [0.15, 0.2) is 5.16 Å². The molecule has 0 amide bonds. The Morgan fingerprint density at radius 3 is 2.74 bits per heavy atom. The van der Waals surface area contributed by atoms with E-state index in [-0.39, 0.29) is 5.75 Å². The molecule has 1 N–H and O–H groups in total. The van der Waals surface area contributed by atoms with Crippen molar-refractivity contribution in [3.8, 4) is 17.2 Å². The Morgan fingerprint density at radius 1 is 1.15 bits per heavy atom. The molecular weight excluding hydrogens is 398 g/mol. The molecule has 2 aromatic carbocycles. The first-order valence-corrected chi connectivity index (χ1v) is 9.09. The van der Waals surface area contributed by atoms with E-state index in [0.717, 1.165) is 5.56 Å². The smallest absolute Gasteiger partial charge is 0.387 e. The van der Waals surface area contributed by atoms with Crippen LogP contribution in [0.5, 0.6) is 5.75 Å². The monoisotopic (exact) mass is 408 g/mol. The number of rotatable bonds is 6. The lowest BCUT2D eigenvalue weighted by Crippen LogP contribution is -2.01. The quantitative estimate of drug-likeness (QED) is 0.444. The van der Waals surface area contributed by atoms with Crippen LogP contribution >= 0.6 is 23.4 Å². The number of fused-ring (bicyclic) bond motifs is 1. The van der Waals surface area contributed by atoms with Crippen LogP contribution in [0, 0.1) is 0 Å². The number of ether oxygens (including phenoxy) is 1. The summed E-state index contributed by atoms with van der Waals surface area (Å²) >= 11 is 7.22. The van der Waals surface area contributed by atoms with Gasteiger partial charge in [-0.05, 0) is 36.4 Å². The maximum Gasteiger partial charge on any atom is 0.387 e. The number of benzene rings is 2. The summed E-state index contributed by atoms with van der Waals surface area (Å²) in [7, 11) is 0. The Hall–Kier alpha value is -2.65. The highest BCUT2D eigenvalue weighted by atomic mass is 35.5. The van der Waals surface area contributed by atoms with Gasteiger partial charge in [0, 0.05) is 16.7 Å². The Kier molecular flexibility index (Phi) is 4.95. The minimum atomic E-state index is -2.87. The maximum atomic E-state index is 12.3. The van der Waals surface area contributed by atoms with Gasteiger partial charge >= 0.3 is 6.61 Å². The fraction of sp³-hybridized carbons (Fsp3) is 0.118. The lowest BCUT2D eigenvalue weighted by Gasteiger charge is -2.02. The first-order chi connectivity index (χ1) is 13.1. The lowest BCUT2D eigenvalue weighted by atomic mass is 10.2. The van der Waals surface area contributed by atoms with Crippen molar-refractivity contribution in [1.82, 2.24) is 20.2 Å². The number of hydrogen-bond acceptors (Lipinski definition) is 6. The third-order valence-electron chi connectivity index (χ3n) is 3.55. The lowest BCUT2D eigenvalue weighted by molar-refractivity contribution is -0.0497. The summed E-state index contributed by atoms with van der Waals surface area (Å²) in [5.41, 5.74) is 2.02. The largest absolute Gasteiger partial charge is 0.435 e. The van der Waals surface area contributed by atoms with E-state index in [1.54, 1.807) is 30.3 Å². The topological polar surface area (TPSA) is 76.8 Å². The minimum Gasteiger partial charge on any atom is -0.435 e. The second-order valence-corrected chi connectivity index (χ2v) is 6.80. The molecule has 0 aliphatic carbocycles. The van der Waals surface area contributed by atoms with Gasteiger partial charge in [0.05, 0.1) is 16.8 Å². The first kappa shape index (κ1) is 17.7. The zero-order chi connectivity index (χ0) is 18.8. The van der Waals surface area contributed by atoms with Crippen molar-refractivity contribution in [2.24, 2.45) is 0 Å². The molecule has 0 fully saturated rings. The summed E-state index contributed by atoms with van der Waals surface area (Å²) in [6.45, 7) is -2.87. The van der Waals surface area contributed by atoms with Gasteiger partial charge in [-0.25, -0.2) is 4.98 Å². The van der Waals surface area contributed by atoms with E-state index in [1.165, 1.54) is 23.9 Å². The molecular formula is C17H11ClF2N4O2S. The van der Waals surface area contributed by atoms with Crippen LogP contribution in [0.25, 0.3) is 22.5 Å². The van der Waals surface area contributed by atoms with Crippen LogP contribution in [0.4, 0.5) is 8.78 Å². The molecule has 2 heterocycles. The molecule has 0 bridgehead atoms. The zero-order valence-corrected chi connectivity index (χ0v) is 15.1. The van der Waals surface area contributed by atoms with Gasteiger partial charge in [0.25, 0.3) is 0 Å². The molecule has 6 nitrogen and oxygen atoms in total. The van der Waals surface area contributed by atoms with Crippen molar-refractivity contribution < 1.29 is 17.9 Å². The summed E-state index contributed by atoms with van der Waals surface area (Å²) in [5, 5.41) is 9.26. The van der Waals surface area contributed by atoms with Crippen molar-refractivity contribution in [2.75, 3.05) is 0 Å². The zero-order valence-electron chi connectivity index (χ0n) is 13.5. The Balaban J connectivity index is 1.45. The molecule has 0 unspecified atom stereocenters. The molecule has 4 aromatic rings. The van der Waals surface area contributed by atoms with Gasteiger partial charge in [0.1, 0.15) is 5.75 Å². The van der Waals surface area contributed by atoms with E-state index in [9.17, 15) is 8.78 Å². The van der Waals surface area contributed by atoms with Gasteiger partial charge in [0.2, 0.25) is 11.8 Å². The van der Waals surface area contributed by atoms with Crippen LogP contribution in [-0.2, 0) is 5.75 Å². The van der Waals surface area contributed by atoms with Crippen LogP contribution < -0.4 is 4.74 Å². The van der Waals surface area contributed by atoms with Gasteiger partial charge < -0.3 is 14.1 Å². The molecule has 0 aliphatic rings. The molecule has 4 rings (SSSR count). The standard InChI is InChI=1S/C17H11ClF2N4O2S/c18-10-3-1-9(2-4-10)15-24-23-14(26-15)8-27-17-21-12-6-5-11(25-16(19)20)7-13(12)22-17/h1-7,16H,8H2,(H,21,22). The second kappa shape index (κ2) is 7.53. The number of imidazole rings is 1. The number of alkyl halides is 2. The highest BCUT2D eigenvalue weighted by molar-refractivity contribution is 7.98. The molecule has 0 atom stereocenters. The van der Waals surface area contributed by atoms with Gasteiger partial charge in [-0.3, -0.25) is 0 Å². The minimum absolute atomic E-state index is 0.0715. The van der Waals surface area contributed by atoms with E-state index in [2.05, 4.69) is 24.9 Å². The number of halogens is 3. The van der Waals surface area contributed by atoms with Crippen molar-refractivity contribution in [3.63, 3.8) is 0 Å². The van der Waals surface area contributed by atoms with Crippen LogP contribution in [0.2, 0.25) is 5.02 Å². The van der Waals surface area contributed by atoms with Crippen molar-refractivity contribution in [1.29, 1.82) is 0 Å². The summed E-state index contributed by atoms with van der Waals surface area (Å²) < 4.78 is 34.6. The number of thioether (sulfide) groups is 1. The molecule has 0 radical (unpaired) electrons.